The number of hydrogen-bond donors (Lipinski definition) is 1. The highest BCUT2D eigenvalue weighted by Gasteiger charge is 2.22. The zero-order chi connectivity index (χ0) is 22.4. The third-order valence-corrected chi connectivity index (χ3v) is 8.18. The average Bonchev–Trinajstić information content (AvgIpc) is 2.74. The maximum atomic E-state index is 12.7. The lowest BCUT2D eigenvalue weighted by atomic mass is 10.2. The summed E-state index contributed by atoms with van der Waals surface area (Å²) in [6, 6.07) is 11.0. The zero-order valence-corrected chi connectivity index (χ0v) is 19.2. The molecule has 0 bridgehead atoms. The smallest absolute Gasteiger partial charge is 0.244 e. The van der Waals surface area contributed by atoms with Gasteiger partial charge in [-0.05, 0) is 36.2 Å². The lowest BCUT2D eigenvalue weighted by molar-refractivity contribution is 0.392. The summed E-state index contributed by atoms with van der Waals surface area (Å²) in [5.41, 5.74) is 0.814. The van der Waals surface area contributed by atoms with Crippen LogP contribution in [0.5, 0.6) is 11.5 Å². The Morgan fingerprint density at radius 2 is 1.53 bits per heavy atom. The number of hydrogen-bond acceptors (Lipinski definition) is 6. The Hall–Kier alpha value is -2.14. The van der Waals surface area contributed by atoms with E-state index in [0.29, 0.717) is 25.3 Å². The molecule has 0 aromatic heterocycles. The van der Waals surface area contributed by atoms with Crippen LogP contribution in [0, 0.1) is 0 Å². The third kappa shape index (κ3) is 5.51. The van der Waals surface area contributed by atoms with E-state index < -0.39 is 20.0 Å². The van der Waals surface area contributed by atoms with Gasteiger partial charge in [-0.15, -0.1) is 0 Å². The van der Waals surface area contributed by atoms with Crippen molar-refractivity contribution < 1.29 is 26.3 Å². The van der Waals surface area contributed by atoms with Crippen LogP contribution in [-0.2, 0) is 26.5 Å². The second-order valence-corrected chi connectivity index (χ2v) is 10.1. The highest BCUT2D eigenvalue weighted by molar-refractivity contribution is 7.89. The van der Waals surface area contributed by atoms with Crippen molar-refractivity contribution in [3.8, 4) is 11.5 Å². The van der Waals surface area contributed by atoms with Crippen molar-refractivity contribution in [1.82, 2.24) is 9.03 Å². The average molecular weight is 457 g/mol. The minimum Gasteiger partial charge on any atom is -0.497 e. The van der Waals surface area contributed by atoms with E-state index in [1.165, 1.54) is 30.7 Å². The van der Waals surface area contributed by atoms with Gasteiger partial charge in [-0.25, -0.2) is 21.6 Å². The molecule has 0 saturated heterocycles. The molecule has 0 fully saturated rings. The monoisotopic (exact) mass is 456 g/mol. The van der Waals surface area contributed by atoms with Crippen LogP contribution >= 0.6 is 0 Å². The topological polar surface area (TPSA) is 102 Å². The number of ether oxygens (including phenoxy) is 2. The Labute approximate surface area is 178 Å². The molecule has 0 unspecified atom stereocenters. The van der Waals surface area contributed by atoms with Gasteiger partial charge in [0.15, 0.2) is 0 Å². The summed E-state index contributed by atoms with van der Waals surface area (Å²) >= 11 is 0. The van der Waals surface area contributed by atoms with E-state index in [1.807, 2.05) is 0 Å². The number of benzene rings is 2. The number of nitrogens with one attached hydrogen (secondary N) is 1. The minimum atomic E-state index is -3.81. The van der Waals surface area contributed by atoms with Crippen LogP contribution in [0.1, 0.15) is 19.4 Å². The van der Waals surface area contributed by atoms with Gasteiger partial charge in [0.05, 0.1) is 19.1 Å². The zero-order valence-electron chi connectivity index (χ0n) is 17.6. The number of nitrogens with zero attached hydrogens (tertiary/aromatic N) is 1. The number of methoxy groups -OCH3 is 2. The summed E-state index contributed by atoms with van der Waals surface area (Å²) < 4.78 is 64.6. The predicted octanol–water partition coefficient (Wildman–Crippen LogP) is 2.26. The van der Waals surface area contributed by atoms with Gasteiger partial charge in [-0.1, -0.05) is 26.0 Å². The largest absolute Gasteiger partial charge is 0.497 e. The standard InChI is InChI=1S/C20H28N2O6S2/c1-5-22(6-2)30(25,26)18-10-7-16(8-11-18)13-14-21-29(23,24)20-15-17(27-3)9-12-19(20)28-4/h7-12,15,21H,5-6,13-14H2,1-4H3. The fraction of sp³-hybridized carbons (Fsp3) is 0.400. The molecule has 2 rings (SSSR count). The van der Waals surface area contributed by atoms with E-state index in [1.54, 1.807) is 44.2 Å². The third-order valence-electron chi connectivity index (χ3n) is 4.63. The molecule has 0 aliphatic heterocycles. The lowest BCUT2D eigenvalue weighted by Crippen LogP contribution is -2.30. The summed E-state index contributed by atoms with van der Waals surface area (Å²) in [7, 11) is -4.48. The molecule has 2 aromatic carbocycles. The first-order valence-corrected chi connectivity index (χ1v) is 12.4. The first-order chi connectivity index (χ1) is 14.2. The molecule has 0 aliphatic carbocycles. The molecule has 8 nitrogen and oxygen atoms in total. The minimum absolute atomic E-state index is 0.00925. The Morgan fingerprint density at radius 3 is 2.07 bits per heavy atom. The van der Waals surface area contributed by atoms with Crippen LogP contribution in [0.4, 0.5) is 0 Å². The van der Waals surface area contributed by atoms with E-state index in [4.69, 9.17) is 9.47 Å². The molecule has 0 amide bonds. The van der Waals surface area contributed by atoms with E-state index in [0.717, 1.165) is 5.56 Å². The van der Waals surface area contributed by atoms with Crippen molar-refractivity contribution in [1.29, 1.82) is 0 Å². The number of rotatable bonds is 11. The van der Waals surface area contributed by atoms with Crippen molar-refractivity contribution in [2.24, 2.45) is 0 Å². The van der Waals surface area contributed by atoms with Gasteiger partial charge in [0, 0.05) is 25.7 Å². The Bertz CT molecular complexity index is 1050. The van der Waals surface area contributed by atoms with Gasteiger partial charge in [-0.3, -0.25) is 0 Å². The first kappa shape index (κ1) is 24.1. The van der Waals surface area contributed by atoms with Gasteiger partial charge < -0.3 is 9.47 Å². The van der Waals surface area contributed by atoms with Gasteiger partial charge >= 0.3 is 0 Å². The quantitative estimate of drug-likeness (QED) is 0.556. The van der Waals surface area contributed by atoms with E-state index in [9.17, 15) is 16.8 Å². The van der Waals surface area contributed by atoms with Crippen molar-refractivity contribution in [2.45, 2.75) is 30.1 Å². The Kier molecular flexibility index (Phi) is 8.25. The molecular weight excluding hydrogens is 428 g/mol. The van der Waals surface area contributed by atoms with Gasteiger partial charge in [0.25, 0.3) is 0 Å². The highest BCUT2D eigenvalue weighted by atomic mass is 32.2. The second kappa shape index (κ2) is 10.3. The molecule has 10 heteroatoms. The summed E-state index contributed by atoms with van der Waals surface area (Å²) in [5, 5.41) is 0. The van der Waals surface area contributed by atoms with Crippen molar-refractivity contribution in [3.05, 3.63) is 48.0 Å². The second-order valence-electron chi connectivity index (χ2n) is 6.40. The van der Waals surface area contributed by atoms with Crippen LogP contribution in [0.15, 0.2) is 52.3 Å². The van der Waals surface area contributed by atoms with Crippen LogP contribution in [0.3, 0.4) is 0 Å². The maximum absolute atomic E-state index is 12.7. The Balaban J connectivity index is 2.08. The summed E-state index contributed by atoms with van der Waals surface area (Å²) in [4.78, 5) is 0.210. The molecule has 0 heterocycles. The molecule has 1 N–H and O–H groups in total. The molecule has 0 aliphatic rings. The molecule has 2 aromatic rings. The molecule has 0 spiro atoms. The van der Waals surface area contributed by atoms with Gasteiger partial charge in [0.1, 0.15) is 16.4 Å². The molecule has 0 saturated carbocycles. The molecule has 0 atom stereocenters. The van der Waals surface area contributed by atoms with E-state index >= 15 is 0 Å². The summed E-state index contributed by atoms with van der Waals surface area (Å²) in [6.45, 7) is 4.52. The number of sulfonamides is 2. The highest BCUT2D eigenvalue weighted by Crippen LogP contribution is 2.28. The predicted molar refractivity (Wildman–Crippen MR) is 115 cm³/mol. The first-order valence-electron chi connectivity index (χ1n) is 9.50. The Morgan fingerprint density at radius 1 is 0.900 bits per heavy atom. The molecule has 0 radical (unpaired) electrons. The molecule has 166 valence electrons. The normalized spacial score (nSPS) is 12.2. The fourth-order valence-corrected chi connectivity index (χ4v) is 5.61. The van der Waals surface area contributed by atoms with Crippen LogP contribution in [0.2, 0.25) is 0 Å². The van der Waals surface area contributed by atoms with Gasteiger partial charge in [-0.2, -0.15) is 4.31 Å². The summed E-state index contributed by atoms with van der Waals surface area (Å²) in [5.74, 6) is 0.621. The fourth-order valence-electron chi connectivity index (χ4n) is 2.94. The van der Waals surface area contributed by atoms with Crippen molar-refractivity contribution in [3.63, 3.8) is 0 Å². The SMILES string of the molecule is CCN(CC)S(=O)(=O)c1ccc(CCNS(=O)(=O)c2cc(OC)ccc2OC)cc1. The van der Waals surface area contributed by atoms with Gasteiger partial charge in [0.2, 0.25) is 20.0 Å². The van der Waals surface area contributed by atoms with Crippen LogP contribution in [0.25, 0.3) is 0 Å². The molecular formula is C20H28N2O6S2. The lowest BCUT2D eigenvalue weighted by Gasteiger charge is -2.18. The van der Waals surface area contributed by atoms with Crippen LogP contribution in [-0.4, -0.2) is 55.0 Å². The van der Waals surface area contributed by atoms with Crippen LogP contribution < -0.4 is 14.2 Å². The van der Waals surface area contributed by atoms with Crippen molar-refractivity contribution >= 4 is 20.0 Å². The maximum Gasteiger partial charge on any atom is 0.244 e. The van der Waals surface area contributed by atoms with E-state index in [2.05, 4.69) is 4.72 Å². The molecule has 30 heavy (non-hydrogen) atoms. The van der Waals surface area contributed by atoms with E-state index in [-0.39, 0.29) is 22.1 Å². The summed E-state index contributed by atoms with van der Waals surface area (Å²) in [6.07, 6.45) is 0.400. The van der Waals surface area contributed by atoms with Crippen molar-refractivity contribution in [2.75, 3.05) is 33.9 Å².